The maximum absolute atomic E-state index is 12.9. The maximum Gasteiger partial charge on any atom is 0.306 e. The molecule has 3 heterocycles. The van der Waals surface area contributed by atoms with Gasteiger partial charge in [-0.2, -0.15) is 0 Å². The number of rotatable bonds is 12. The first-order valence-corrected chi connectivity index (χ1v) is 12.3. The van der Waals surface area contributed by atoms with E-state index in [0.29, 0.717) is 26.1 Å². The van der Waals surface area contributed by atoms with Gasteiger partial charge in [-0.3, -0.25) is 4.79 Å². The molecule has 0 spiro atoms. The molecule has 0 radical (unpaired) electrons. The second kappa shape index (κ2) is 12.0. The molecule has 1 N–H and O–H groups in total. The van der Waals surface area contributed by atoms with Gasteiger partial charge in [0, 0.05) is 31.0 Å². The summed E-state index contributed by atoms with van der Waals surface area (Å²) >= 11 is 0. The third-order valence-electron chi connectivity index (χ3n) is 6.52. The van der Waals surface area contributed by atoms with Crippen molar-refractivity contribution in [2.24, 2.45) is 0 Å². The van der Waals surface area contributed by atoms with E-state index in [0.717, 1.165) is 33.8 Å². The molecule has 4 rings (SSSR count). The highest BCUT2D eigenvalue weighted by atomic mass is 16.9. The summed E-state index contributed by atoms with van der Waals surface area (Å²) in [6.07, 6.45) is 1.59. The summed E-state index contributed by atoms with van der Waals surface area (Å²) in [4.78, 5) is 32.4. The van der Waals surface area contributed by atoms with Crippen LogP contribution in [0.5, 0.6) is 0 Å². The van der Waals surface area contributed by atoms with Gasteiger partial charge in [0.15, 0.2) is 11.8 Å². The summed E-state index contributed by atoms with van der Waals surface area (Å²) in [5.41, 5.74) is 5.37. The predicted octanol–water partition coefficient (Wildman–Crippen LogP) is 4.11. The molecule has 0 saturated heterocycles. The number of aromatic nitrogens is 2. The SMILES string of the molecule is COCCO[C@@H]1c2ccn3c(C)c(C)nc3c2N[C@H](c2ccccc2)[C@@H]1OC(=O)CCCCO[N+](=O)[O-]. The van der Waals surface area contributed by atoms with Crippen molar-refractivity contribution in [2.75, 3.05) is 32.2 Å². The summed E-state index contributed by atoms with van der Waals surface area (Å²) in [6, 6.07) is 11.3. The number of anilines is 1. The second-order valence-electron chi connectivity index (χ2n) is 8.91. The Hall–Kier alpha value is -3.70. The smallest absolute Gasteiger partial charge is 0.306 e. The molecular formula is C26H32N4O7. The van der Waals surface area contributed by atoms with Crippen molar-refractivity contribution in [1.82, 2.24) is 9.38 Å². The molecule has 0 bridgehead atoms. The molecule has 1 aliphatic rings. The average Bonchev–Trinajstić information content (AvgIpc) is 3.18. The molecule has 1 aliphatic heterocycles. The first kappa shape index (κ1) is 26.4. The predicted molar refractivity (Wildman–Crippen MR) is 135 cm³/mol. The van der Waals surface area contributed by atoms with Crippen molar-refractivity contribution in [3.8, 4) is 0 Å². The number of esters is 1. The van der Waals surface area contributed by atoms with Crippen LogP contribution in [0.3, 0.4) is 0 Å². The fourth-order valence-corrected chi connectivity index (χ4v) is 4.55. The summed E-state index contributed by atoms with van der Waals surface area (Å²) < 4.78 is 19.6. The quantitative estimate of drug-likeness (QED) is 0.165. The van der Waals surface area contributed by atoms with Crippen molar-refractivity contribution in [3.63, 3.8) is 0 Å². The van der Waals surface area contributed by atoms with Crippen LogP contribution in [0, 0.1) is 24.0 Å². The molecule has 0 unspecified atom stereocenters. The van der Waals surface area contributed by atoms with Crippen molar-refractivity contribution < 1.29 is 28.9 Å². The number of nitrogens with one attached hydrogen (secondary N) is 1. The molecule has 2 aromatic heterocycles. The van der Waals surface area contributed by atoms with Crippen LogP contribution in [0.15, 0.2) is 42.6 Å². The molecule has 3 atom stereocenters. The molecule has 3 aromatic rings. The van der Waals surface area contributed by atoms with Gasteiger partial charge in [0.05, 0.1) is 37.2 Å². The Balaban J connectivity index is 1.66. The number of fused-ring (bicyclic) bond motifs is 3. The summed E-state index contributed by atoms with van der Waals surface area (Å²) in [7, 11) is 1.60. The Kier molecular flexibility index (Phi) is 8.57. The Labute approximate surface area is 214 Å². The Morgan fingerprint density at radius 2 is 1.92 bits per heavy atom. The normalized spacial score (nSPS) is 18.7. The standard InChI is InChI=1S/C26H32N4O7/c1-17-18(2)29-13-12-20-23(26(29)27-17)28-22(19-9-5-4-6-10-19)25(24(20)35-16-15-34-3)37-21(31)11-7-8-14-36-30(32)33/h4-6,9-10,12-13,22,24-25,28H,7-8,11,14-16H2,1-3H3/t22-,24-,25+/m1/s1. The zero-order valence-corrected chi connectivity index (χ0v) is 21.2. The van der Waals surface area contributed by atoms with Crippen LogP contribution in [-0.4, -0.2) is 53.5 Å². The Morgan fingerprint density at radius 3 is 2.65 bits per heavy atom. The van der Waals surface area contributed by atoms with E-state index in [1.54, 1.807) is 7.11 Å². The van der Waals surface area contributed by atoms with Gasteiger partial charge in [-0.15, -0.1) is 10.1 Å². The fourth-order valence-electron chi connectivity index (χ4n) is 4.55. The number of aryl methyl sites for hydroxylation is 2. The highest BCUT2D eigenvalue weighted by Gasteiger charge is 2.42. The van der Waals surface area contributed by atoms with E-state index in [2.05, 4.69) is 10.2 Å². The first-order valence-electron chi connectivity index (χ1n) is 12.3. The third-order valence-corrected chi connectivity index (χ3v) is 6.52. The van der Waals surface area contributed by atoms with Crippen LogP contribution in [0.4, 0.5) is 5.69 Å². The van der Waals surface area contributed by atoms with E-state index in [-0.39, 0.29) is 13.0 Å². The van der Waals surface area contributed by atoms with Crippen LogP contribution < -0.4 is 5.32 Å². The van der Waals surface area contributed by atoms with Crippen LogP contribution in [0.25, 0.3) is 5.65 Å². The Morgan fingerprint density at radius 1 is 1.14 bits per heavy atom. The number of methoxy groups -OCH3 is 1. The number of nitrogens with zero attached hydrogens (tertiary/aromatic N) is 3. The molecule has 11 nitrogen and oxygen atoms in total. The van der Waals surface area contributed by atoms with Gasteiger partial charge in [-0.1, -0.05) is 30.3 Å². The van der Waals surface area contributed by atoms with E-state index >= 15 is 0 Å². The number of hydrogen-bond acceptors (Lipinski definition) is 9. The van der Waals surface area contributed by atoms with Gasteiger partial charge >= 0.3 is 5.97 Å². The minimum absolute atomic E-state index is 0.0623. The van der Waals surface area contributed by atoms with Gasteiger partial charge in [0.25, 0.3) is 5.09 Å². The summed E-state index contributed by atoms with van der Waals surface area (Å²) in [5.74, 6) is -0.411. The van der Waals surface area contributed by atoms with Gasteiger partial charge in [-0.05, 0) is 38.3 Å². The molecule has 11 heteroatoms. The second-order valence-corrected chi connectivity index (χ2v) is 8.91. The number of unbranched alkanes of at least 4 members (excludes halogenated alkanes) is 1. The minimum Gasteiger partial charge on any atom is -0.457 e. The zero-order valence-electron chi connectivity index (χ0n) is 21.2. The highest BCUT2D eigenvalue weighted by molar-refractivity contribution is 5.76. The number of carbonyl (C=O) groups is 1. The van der Waals surface area contributed by atoms with Crippen LogP contribution in [0.2, 0.25) is 0 Å². The molecular weight excluding hydrogens is 480 g/mol. The number of hydrogen-bond donors (Lipinski definition) is 1. The number of imidazole rings is 1. The number of carbonyl (C=O) groups excluding carboxylic acids is 1. The maximum atomic E-state index is 12.9. The molecule has 0 fully saturated rings. The first-order chi connectivity index (χ1) is 17.9. The molecule has 0 saturated carbocycles. The van der Waals surface area contributed by atoms with E-state index in [9.17, 15) is 14.9 Å². The van der Waals surface area contributed by atoms with Crippen LogP contribution in [0.1, 0.15) is 53.9 Å². The lowest BCUT2D eigenvalue weighted by Gasteiger charge is -2.40. The lowest BCUT2D eigenvalue weighted by atomic mass is 9.88. The number of pyridine rings is 1. The Bertz CT molecular complexity index is 1230. The van der Waals surface area contributed by atoms with E-state index in [1.807, 2.05) is 60.8 Å². The zero-order chi connectivity index (χ0) is 26.4. The van der Waals surface area contributed by atoms with Gasteiger partial charge in [0.2, 0.25) is 0 Å². The van der Waals surface area contributed by atoms with Crippen LogP contribution in [-0.2, 0) is 23.8 Å². The summed E-state index contributed by atoms with van der Waals surface area (Å²) in [6.45, 7) is 4.63. The van der Waals surface area contributed by atoms with E-state index in [4.69, 9.17) is 19.2 Å². The lowest BCUT2D eigenvalue weighted by molar-refractivity contribution is -0.757. The van der Waals surface area contributed by atoms with Gasteiger partial charge < -0.3 is 28.8 Å². The largest absolute Gasteiger partial charge is 0.457 e. The van der Waals surface area contributed by atoms with Crippen molar-refractivity contribution >= 4 is 17.3 Å². The molecule has 37 heavy (non-hydrogen) atoms. The third kappa shape index (κ3) is 6.00. The van der Waals surface area contributed by atoms with Gasteiger partial charge in [-0.25, -0.2) is 4.98 Å². The van der Waals surface area contributed by atoms with E-state index in [1.165, 1.54) is 0 Å². The van der Waals surface area contributed by atoms with Crippen LogP contribution >= 0.6 is 0 Å². The molecule has 0 amide bonds. The highest BCUT2D eigenvalue weighted by Crippen LogP contribution is 2.44. The fraction of sp³-hybridized carbons (Fsp3) is 0.462. The van der Waals surface area contributed by atoms with Crippen molar-refractivity contribution in [2.45, 2.75) is 51.4 Å². The van der Waals surface area contributed by atoms with Crippen molar-refractivity contribution in [1.29, 1.82) is 0 Å². The monoisotopic (exact) mass is 512 g/mol. The minimum atomic E-state index is -0.838. The van der Waals surface area contributed by atoms with Gasteiger partial charge in [0.1, 0.15) is 6.10 Å². The summed E-state index contributed by atoms with van der Waals surface area (Å²) in [5, 5.41) is 13.1. The lowest BCUT2D eigenvalue weighted by Crippen LogP contribution is -2.41. The average molecular weight is 513 g/mol. The van der Waals surface area contributed by atoms with Crippen molar-refractivity contribution in [3.05, 3.63) is 75.2 Å². The number of benzene rings is 1. The topological polar surface area (TPSA) is 126 Å². The number of ether oxygens (including phenoxy) is 3. The molecule has 0 aliphatic carbocycles. The molecule has 198 valence electrons. The van der Waals surface area contributed by atoms with E-state index < -0.39 is 29.3 Å². The molecule has 1 aromatic carbocycles.